The Morgan fingerprint density at radius 2 is 2.16 bits per heavy atom. The molecule has 5 unspecified atom stereocenters. The summed E-state index contributed by atoms with van der Waals surface area (Å²) in [7, 11) is -4.78. The predicted octanol–water partition coefficient (Wildman–Crippen LogP) is -0.479. The second kappa shape index (κ2) is 5.99. The maximum absolute atomic E-state index is 11.0. The van der Waals surface area contributed by atoms with E-state index in [0.717, 1.165) is 0 Å². The van der Waals surface area contributed by atoms with E-state index >= 15 is 0 Å². The first kappa shape index (κ1) is 18.2. The summed E-state index contributed by atoms with van der Waals surface area (Å²) in [4.78, 5) is 25.9. The fraction of sp³-hybridized carbons (Fsp3) is 0.538. The predicted molar refractivity (Wildman–Crippen MR) is 85.1 cm³/mol. The Hall–Kier alpha value is -1.59. The van der Waals surface area contributed by atoms with Crippen molar-refractivity contribution in [1.29, 1.82) is 0 Å². The van der Waals surface area contributed by atoms with E-state index in [1.165, 1.54) is 24.7 Å². The first-order valence-corrected chi connectivity index (χ1v) is 8.92. The first-order chi connectivity index (χ1) is 11.5. The Bertz CT molecular complexity index is 835. The van der Waals surface area contributed by atoms with E-state index in [0.29, 0.717) is 11.0 Å². The van der Waals surface area contributed by atoms with Crippen LogP contribution < -0.4 is 5.73 Å². The van der Waals surface area contributed by atoms with Crippen LogP contribution in [0.5, 0.6) is 0 Å². The number of aliphatic hydroxyl groups excluding tert-OH is 1. The highest BCUT2D eigenvalue weighted by molar-refractivity contribution is 7.46. The van der Waals surface area contributed by atoms with Gasteiger partial charge in [0.25, 0.3) is 0 Å². The summed E-state index contributed by atoms with van der Waals surface area (Å²) in [5, 5.41) is 21.7. The number of anilines is 1. The molecule has 3 rings (SSSR count). The van der Waals surface area contributed by atoms with Crippen molar-refractivity contribution in [3.8, 4) is 0 Å². The zero-order chi connectivity index (χ0) is 18.6. The minimum Gasteiger partial charge on any atom is -0.387 e. The number of fused-ring (bicyclic) bond motifs is 1. The summed E-state index contributed by atoms with van der Waals surface area (Å²) in [6.45, 7) is 2.68. The number of phosphoric acid groups is 1. The second-order valence-corrected chi connectivity index (χ2v) is 7.34. The van der Waals surface area contributed by atoms with E-state index in [-0.39, 0.29) is 5.82 Å². The number of ether oxygens (including phenoxy) is 1. The molecule has 0 saturated carbocycles. The van der Waals surface area contributed by atoms with Gasteiger partial charge in [0.15, 0.2) is 6.23 Å². The van der Waals surface area contributed by atoms with Gasteiger partial charge in [0, 0.05) is 6.20 Å². The largest absolute Gasteiger partial charge is 0.469 e. The molecule has 1 aliphatic rings. The van der Waals surface area contributed by atoms with E-state index in [4.69, 9.17) is 20.3 Å². The molecule has 0 bridgehead atoms. The summed E-state index contributed by atoms with van der Waals surface area (Å²) >= 11 is 0. The van der Waals surface area contributed by atoms with Crippen LogP contribution in [0.15, 0.2) is 18.6 Å². The lowest BCUT2D eigenvalue weighted by Crippen LogP contribution is -2.46. The monoisotopic (exact) mass is 374 g/mol. The molecule has 5 atom stereocenters. The molecule has 6 N–H and O–H groups in total. The fourth-order valence-electron chi connectivity index (χ4n) is 3.01. The number of hydrogen-bond donors (Lipinski definition) is 5. The van der Waals surface area contributed by atoms with Gasteiger partial charge in [-0.05, 0) is 19.9 Å². The van der Waals surface area contributed by atoms with E-state index in [1.54, 1.807) is 12.3 Å². The molecule has 12 heteroatoms. The number of nitrogens with zero attached hydrogens (tertiary/aromatic N) is 3. The van der Waals surface area contributed by atoms with Gasteiger partial charge in [0.1, 0.15) is 35.6 Å². The Morgan fingerprint density at radius 3 is 2.80 bits per heavy atom. The molecular weight excluding hydrogens is 355 g/mol. The van der Waals surface area contributed by atoms with Crippen LogP contribution in [0.25, 0.3) is 11.0 Å². The number of aliphatic hydroxyl groups is 2. The van der Waals surface area contributed by atoms with Crippen LogP contribution in [0.2, 0.25) is 0 Å². The lowest BCUT2D eigenvalue weighted by Gasteiger charge is -2.28. The maximum Gasteiger partial charge on any atom is 0.469 e. The molecule has 0 aromatic carbocycles. The fourth-order valence-corrected chi connectivity index (χ4v) is 3.56. The Labute approximate surface area is 142 Å². The quantitative estimate of drug-likeness (QED) is 0.440. The average Bonchev–Trinajstić information content (AvgIpc) is 2.99. The standard InChI is InChI=1S/C13H19N4O7P/c1-6(24-25(20,21)22)8-9(18)13(2,19)12(23-8)17-4-3-7-10(14)15-5-16-11(7)17/h3-6,8-9,12,18-19H,1-2H3,(H2,14,15,16)(H2,20,21,22). The van der Waals surface area contributed by atoms with Crippen molar-refractivity contribution >= 4 is 24.7 Å². The van der Waals surface area contributed by atoms with Crippen molar-refractivity contribution in [2.45, 2.75) is 44.0 Å². The maximum atomic E-state index is 11.0. The van der Waals surface area contributed by atoms with E-state index in [1.807, 2.05) is 0 Å². The second-order valence-electron chi connectivity index (χ2n) is 6.14. The van der Waals surface area contributed by atoms with Crippen molar-refractivity contribution in [2.75, 3.05) is 5.73 Å². The third-order valence-electron chi connectivity index (χ3n) is 4.25. The van der Waals surface area contributed by atoms with Gasteiger partial charge in [-0.2, -0.15) is 0 Å². The van der Waals surface area contributed by atoms with Gasteiger partial charge in [0.2, 0.25) is 0 Å². The van der Waals surface area contributed by atoms with Crippen LogP contribution in [-0.4, -0.2) is 58.4 Å². The lowest BCUT2D eigenvalue weighted by atomic mass is 9.94. The van der Waals surface area contributed by atoms with Crippen molar-refractivity contribution in [3.05, 3.63) is 18.6 Å². The molecule has 0 amide bonds. The van der Waals surface area contributed by atoms with Gasteiger partial charge >= 0.3 is 7.82 Å². The molecular formula is C13H19N4O7P. The molecule has 1 fully saturated rings. The number of nitrogen functional groups attached to an aromatic ring is 1. The highest BCUT2D eigenvalue weighted by Crippen LogP contribution is 2.45. The van der Waals surface area contributed by atoms with E-state index in [9.17, 15) is 14.8 Å². The zero-order valence-electron chi connectivity index (χ0n) is 13.4. The van der Waals surface area contributed by atoms with Crippen LogP contribution in [0.3, 0.4) is 0 Å². The number of hydrogen-bond acceptors (Lipinski definition) is 8. The normalized spacial score (nSPS) is 31.5. The molecule has 1 aliphatic heterocycles. The highest BCUT2D eigenvalue weighted by Gasteiger charge is 2.55. The van der Waals surface area contributed by atoms with Crippen molar-refractivity contribution < 1.29 is 33.8 Å². The molecule has 3 heterocycles. The summed E-state index contributed by atoms with van der Waals surface area (Å²) in [6.07, 6.45) is -2.07. The van der Waals surface area contributed by atoms with Crippen LogP contribution in [0, 0.1) is 0 Å². The van der Waals surface area contributed by atoms with Gasteiger partial charge in [0.05, 0.1) is 11.5 Å². The molecule has 2 aromatic heterocycles. The lowest BCUT2D eigenvalue weighted by molar-refractivity contribution is -0.0979. The zero-order valence-corrected chi connectivity index (χ0v) is 14.3. The SMILES string of the molecule is CC(OP(=O)(O)O)C1OC(n2ccc3c(N)ncnc32)C(C)(O)C1O. The van der Waals surface area contributed by atoms with Crippen molar-refractivity contribution in [2.24, 2.45) is 0 Å². The van der Waals surface area contributed by atoms with Gasteiger partial charge in [-0.15, -0.1) is 0 Å². The van der Waals surface area contributed by atoms with Crippen molar-refractivity contribution in [3.63, 3.8) is 0 Å². The summed E-state index contributed by atoms with van der Waals surface area (Å²) in [6, 6.07) is 1.64. The minimum absolute atomic E-state index is 0.247. The van der Waals surface area contributed by atoms with Gasteiger partial charge in [-0.3, -0.25) is 4.52 Å². The topological polar surface area (TPSA) is 173 Å². The number of aromatic nitrogens is 3. The molecule has 25 heavy (non-hydrogen) atoms. The summed E-state index contributed by atoms with van der Waals surface area (Å²) < 4.78 is 22.8. The third-order valence-corrected chi connectivity index (χ3v) is 4.86. The van der Waals surface area contributed by atoms with E-state index in [2.05, 4.69) is 14.5 Å². The van der Waals surface area contributed by atoms with Gasteiger partial charge in [-0.1, -0.05) is 0 Å². The Morgan fingerprint density at radius 1 is 1.48 bits per heavy atom. The molecule has 0 radical (unpaired) electrons. The molecule has 2 aromatic rings. The van der Waals surface area contributed by atoms with Gasteiger partial charge < -0.3 is 35.0 Å². The molecule has 0 spiro atoms. The highest BCUT2D eigenvalue weighted by atomic mass is 31.2. The molecule has 0 aliphatic carbocycles. The molecule has 1 saturated heterocycles. The summed E-state index contributed by atoms with van der Waals surface area (Å²) in [5.74, 6) is 0.247. The Balaban J connectivity index is 1.96. The molecule has 138 valence electrons. The number of rotatable bonds is 4. The smallest absolute Gasteiger partial charge is 0.387 e. The van der Waals surface area contributed by atoms with Gasteiger partial charge in [-0.25, -0.2) is 14.5 Å². The van der Waals surface area contributed by atoms with Crippen LogP contribution in [0.4, 0.5) is 5.82 Å². The average molecular weight is 374 g/mol. The van der Waals surface area contributed by atoms with Crippen LogP contribution in [-0.2, 0) is 13.8 Å². The third kappa shape index (κ3) is 3.15. The van der Waals surface area contributed by atoms with E-state index < -0.39 is 38.0 Å². The number of phosphoric ester groups is 1. The van der Waals surface area contributed by atoms with Crippen molar-refractivity contribution in [1.82, 2.24) is 14.5 Å². The number of nitrogens with two attached hydrogens (primary N) is 1. The summed E-state index contributed by atoms with van der Waals surface area (Å²) in [5.41, 5.74) is 4.39. The first-order valence-electron chi connectivity index (χ1n) is 7.39. The molecule has 11 nitrogen and oxygen atoms in total. The van der Waals surface area contributed by atoms with Crippen LogP contribution >= 0.6 is 7.82 Å². The van der Waals surface area contributed by atoms with Crippen LogP contribution in [0.1, 0.15) is 20.1 Å². The Kier molecular flexibility index (Phi) is 4.36. The minimum atomic E-state index is -4.78.